The third kappa shape index (κ3) is 5.31. The minimum Gasteiger partial charge on any atom is -0.389 e. The number of carbonyl (C=O) groups excluding carboxylic acids is 1. The zero-order chi connectivity index (χ0) is 17.5. The van der Waals surface area contributed by atoms with E-state index in [-0.39, 0.29) is 11.5 Å². The molecular weight excluding hydrogens is 322 g/mol. The summed E-state index contributed by atoms with van der Waals surface area (Å²) in [7, 11) is 0. The van der Waals surface area contributed by atoms with Crippen molar-refractivity contribution in [2.24, 2.45) is 5.73 Å². The second-order valence-electron chi connectivity index (χ2n) is 5.68. The number of anilines is 1. The lowest BCUT2D eigenvalue weighted by atomic mass is 10.2. The molecule has 6 heteroatoms. The maximum absolute atomic E-state index is 11.9. The van der Waals surface area contributed by atoms with E-state index in [2.05, 4.69) is 5.32 Å². The number of pyridine rings is 1. The predicted octanol–water partition coefficient (Wildman–Crippen LogP) is 2.60. The summed E-state index contributed by atoms with van der Waals surface area (Å²) in [6.07, 6.45) is 3.75. The van der Waals surface area contributed by atoms with Crippen LogP contribution in [0.2, 0.25) is 0 Å². The molecule has 2 aromatic rings. The van der Waals surface area contributed by atoms with Crippen LogP contribution in [-0.2, 0) is 11.3 Å². The molecule has 1 aromatic carbocycles. The Morgan fingerprint density at radius 3 is 2.54 bits per heavy atom. The Labute approximate surface area is 146 Å². The van der Waals surface area contributed by atoms with Crippen molar-refractivity contribution in [3.63, 3.8) is 0 Å². The first-order valence-electron chi connectivity index (χ1n) is 7.82. The van der Waals surface area contributed by atoms with Gasteiger partial charge in [0.1, 0.15) is 4.99 Å². The third-order valence-electron chi connectivity index (χ3n) is 3.64. The van der Waals surface area contributed by atoms with Gasteiger partial charge in [-0.3, -0.25) is 9.59 Å². The molecule has 0 atom stereocenters. The first kappa shape index (κ1) is 17.9. The van der Waals surface area contributed by atoms with Gasteiger partial charge in [0.05, 0.1) is 0 Å². The number of rotatable bonds is 7. The van der Waals surface area contributed by atoms with Crippen LogP contribution in [0.4, 0.5) is 5.69 Å². The number of nitrogens with one attached hydrogen (secondary N) is 1. The van der Waals surface area contributed by atoms with Gasteiger partial charge in [-0.1, -0.05) is 18.3 Å². The number of aryl methyl sites for hydroxylation is 2. The average Bonchev–Trinajstić information content (AvgIpc) is 2.55. The van der Waals surface area contributed by atoms with Crippen molar-refractivity contribution in [1.82, 2.24) is 4.57 Å². The summed E-state index contributed by atoms with van der Waals surface area (Å²) < 4.78 is 1.68. The van der Waals surface area contributed by atoms with Crippen molar-refractivity contribution in [3.8, 4) is 0 Å². The molecule has 126 valence electrons. The molecule has 0 radical (unpaired) electrons. The van der Waals surface area contributed by atoms with E-state index < -0.39 is 0 Å². The molecule has 0 saturated heterocycles. The lowest BCUT2D eigenvalue weighted by molar-refractivity contribution is -0.116. The topological polar surface area (TPSA) is 77.1 Å². The number of thiocarbonyl (C=S) groups is 1. The summed E-state index contributed by atoms with van der Waals surface area (Å²) in [5.74, 6) is -0.0466. The van der Waals surface area contributed by atoms with Crippen LogP contribution in [0.25, 0.3) is 0 Å². The van der Waals surface area contributed by atoms with Crippen molar-refractivity contribution in [2.45, 2.75) is 32.7 Å². The monoisotopic (exact) mass is 343 g/mol. The SMILES string of the molecule is Cc1ccc(=O)n(CCCCC(=O)Nc2ccc(C(N)=S)cc2)c1. The molecule has 0 saturated carbocycles. The van der Waals surface area contributed by atoms with E-state index in [4.69, 9.17) is 18.0 Å². The number of aromatic nitrogens is 1. The fourth-order valence-electron chi connectivity index (χ4n) is 2.33. The van der Waals surface area contributed by atoms with Crippen LogP contribution in [0, 0.1) is 6.92 Å². The molecule has 2 rings (SSSR count). The minimum absolute atomic E-state index is 0.0111. The van der Waals surface area contributed by atoms with E-state index in [0.717, 1.165) is 29.7 Å². The normalized spacial score (nSPS) is 10.4. The van der Waals surface area contributed by atoms with E-state index in [0.29, 0.717) is 18.0 Å². The number of carbonyl (C=O) groups is 1. The van der Waals surface area contributed by atoms with E-state index in [1.54, 1.807) is 41.0 Å². The number of nitrogens with two attached hydrogens (primary N) is 1. The predicted molar refractivity (Wildman–Crippen MR) is 100 cm³/mol. The second-order valence-corrected chi connectivity index (χ2v) is 6.12. The summed E-state index contributed by atoms with van der Waals surface area (Å²) in [5, 5.41) is 2.84. The lowest BCUT2D eigenvalue weighted by Crippen LogP contribution is -2.19. The second kappa shape index (κ2) is 8.40. The maximum Gasteiger partial charge on any atom is 0.250 e. The molecular formula is C18H21N3O2S. The highest BCUT2D eigenvalue weighted by Gasteiger charge is 2.04. The molecule has 0 aliphatic rings. The van der Waals surface area contributed by atoms with Crippen LogP contribution in [0.3, 0.4) is 0 Å². The van der Waals surface area contributed by atoms with Crippen molar-refractivity contribution < 1.29 is 4.79 Å². The Balaban J connectivity index is 1.76. The average molecular weight is 343 g/mol. The standard InChI is InChI=1S/C18H21N3O2S/c1-13-5-10-17(23)21(12-13)11-3-2-4-16(22)20-15-8-6-14(7-9-15)18(19)24/h5-10,12H,2-4,11H2,1H3,(H2,19,24)(H,20,22). The Morgan fingerprint density at radius 2 is 1.88 bits per heavy atom. The molecule has 1 aromatic heterocycles. The van der Waals surface area contributed by atoms with Crippen LogP contribution in [0.15, 0.2) is 47.4 Å². The molecule has 1 heterocycles. The Hall–Kier alpha value is -2.47. The van der Waals surface area contributed by atoms with Gasteiger partial charge in [-0.2, -0.15) is 0 Å². The quantitative estimate of drug-likeness (QED) is 0.598. The number of unbranched alkanes of at least 4 members (excludes halogenated alkanes) is 1. The first-order valence-corrected chi connectivity index (χ1v) is 8.23. The van der Waals surface area contributed by atoms with Gasteiger partial charge in [-0.25, -0.2) is 0 Å². The van der Waals surface area contributed by atoms with E-state index >= 15 is 0 Å². The number of hydrogen-bond acceptors (Lipinski definition) is 3. The highest BCUT2D eigenvalue weighted by Crippen LogP contribution is 2.10. The van der Waals surface area contributed by atoms with Gasteiger partial charge in [0.25, 0.3) is 5.56 Å². The van der Waals surface area contributed by atoms with Gasteiger partial charge in [0, 0.05) is 36.5 Å². The molecule has 0 unspecified atom stereocenters. The highest BCUT2D eigenvalue weighted by atomic mass is 32.1. The lowest BCUT2D eigenvalue weighted by Gasteiger charge is -2.08. The van der Waals surface area contributed by atoms with Crippen molar-refractivity contribution in [3.05, 3.63) is 64.1 Å². The number of amides is 1. The van der Waals surface area contributed by atoms with Gasteiger partial charge in [0.2, 0.25) is 5.91 Å². The van der Waals surface area contributed by atoms with Gasteiger partial charge in [-0.05, 0) is 49.6 Å². The smallest absolute Gasteiger partial charge is 0.250 e. The van der Waals surface area contributed by atoms with Gasteiger partial charge < -0.3 is 15.6 Å². The van der Waals surface area contributed by atoms with Crippen molar-refractivity contribution in [2.75, 3.05) is 5.32 Å². The largest absolute Gasteiger partial charge is 0.389 e. The molecule has 0 aliphatic carbocycles. The van der Waals surface area contributed by atoms with Crippen LogP contribution in [0.5, 0.6) is 0 Å². The molecule has 0 spiro atoms. The summed E-state index contributed by atoms with van der Waals surface area (Å²) in [5.41, 5.74) is 8.06. The van der Waals surface area contributed by atoms with Crippen molar-refractivity contribution >= 4 is 28.8 Å². The number of nitrogens with zero attached hydrogens (tertiary/aromatic N) is 1. The molecule has 24 heavy (non-hydrogen) atoms. The molecule has 1 amide bonds. The third-order valence-corrected chi connectivity index (χ3v) is 3.87. The Kier molecular flexibility index (Phi) is 6.26. The summed E-state index contributed by atoms with van der Waals surface area (Å²) in [4.78, 5) is 23.9. The van der Waals surface area contributed by atoms with E-state index in [1.165, 1.54) is 0 Å². The molecule has 5 nitrogen and oxygen atoms in total. The number of benzene rings is 1. The van der Waals surface area contributed by atoms with Crippen LogP contribution < -0.4 is 16.6 Å². The first-order chi connectivity index (χ1) is 11.5. The van der Waals surface area contributed by atoms with Crippen LogP contribution in [-0.4, -0.2) is 15.5 Å². The van der Waals surface area contributed by atoms with Crippen LogP contribution >= 0.6 is 12.2 Å². The molecule has 3 N–H and O–H groups in total. The summed E-state index contributed by atoms with van der Waals surface area (Å²) >= 11 is 4.89. The van der Waals surface area contributed by atoms with E-state index in [9.17, 15) is 9.59 Å². The van der Waals surface area contributed by atoms with E-state index in [1.807, 2.05) is 13.1 Å². The van der Waals surface area contributed by atoms with Gasteiger partial charge in [0.15, 0.2) is 0 Å². The van der Waals surface area contributed by atoms with Crippen LogP contribution in [0.1, 0.15) is 30.4 Å². The summed E-state index contributed by atoms with van der Waals surface area (Å²) in [6, 6.07) is 10.5. The van der Waals surface area contributed by atoms with Gasteiger partial charge >= 0.3 is 0 Å². The highest BCUT2D eigenvalue weighted by molar-refractivity contribution is 7.80. The molecule has 0 fully saturated rings. The fourth-order valence-corrected chi connectivity index (χ4v) is 2.47. The Morgan fingerprint density at radius 1 is 1.17 bits per heavy atom. The summed E-state index contributed by atoms with van der Waals surface area (Å²) in [6.45, 7) is 2.57. The zero-order valence-corrected chi connectivity index (χ0v) is 14.4. The number of hydrogen-bond donors (Lipinski definition) is 2. The molecule has 0 bridgehead atoms. The molecule has 0 aliphatic heterocycles. The van der Waals surface area contributed by atoms with Crippen molar-refractivity contribution in [1.29, 1.82) is 0 Å². The zero-order valence-electron chi connectivity index (χ0n) is 13.6. The Bertz CT molecular complexity index is 782. The maximum atomic E-state index is 11.9. The minimum atomic E-state index is -0.0466. The van der Waals surface area contributed by atoms with Gasteiger partial charge in [-0.15, -0.1) is 0 Å². The fraction of sp³-hybridized carbons (Fsp3) is 0.278.